The molecule has 88 valence electrons. The van der Waals surface area contributed by atoms with Crippen molar-refractivity contribution in [3.05, 3.63) is 40.6 Å². The molecule has 0 saturated carbocycles. The van der Waals surface area contributed by atoms with Gasteiger partial charge in [-0.3, -0.25) is 4.79 Å². The molecule has 0 unspecified atom stereocenters. The number of benzene rings is 1. The molecule has 0 aliphatic heterocycles. The van der Waals surface area contributed by atoms with Gasteiger partial charge >= 0.3 is 0 Å². The van der Waals surface area contributed by atoms with Crippen LogP contribution >= 0.6 is 11.3 Å². The van der Waals surface area contributed by atoms with E-state index >= 15 is 0 Å². The number of hydrogen-bond donors (Lipinski definition) is 1. The van der Waals surface area contributed by atoms with Crippen LogP contribution in [-0.2, 0) is 0 Å². The smallest absolute Gasteiger partial charge is 0.259 e. The van der Waals surface area contributed by atoms with E-state index in [1.807, 2.05) is 42.6 Å². The van der Waals surface area contributed by atoms with Crippen molar-refractivity contribution in [1.82, 2.24) is 0 Å². The van der Waals surface area contributed by atoms with Crippen LogP contribution in [0.5, 0.6) is 5.75 Å². The average molecular weight is 247 g/mol. The second kappa shape index (κ2) is 5.01. The van der Waals surface area contributed by atoms with E-state index in [4.69, 9.17) is 10.5 Å². The van der Waals surface area contributed by atoms with Crippen LogP contribution in [0, 0.1) is 0 Å². The summed E-state index contributed by atoms with van der Waals surface area (Å²) in [7, 11) is 0. The quantitative estimate of drug-likeness (QED) is 0.903. The number of primary amides is 1. The highest BCUT2D eigenvalue weighted by atomic mass is 32.1. The molecular formula is C13H13NO2S. The Morgan fingerprint density at radius 2 is 2.06 bits per heavy atom. The van der Waals surface area contributed by atoms with Gasteiger partial charge in [0.15, 0.2) is 0 Å². The van der Waals surface area contributed by atoms with E-state index in [0.29, 0.717) is 11.5 Å². The fraction of sp³-hybridized carbons (Fsp3) is 0.154. The summed E-state index contributed by atoms with van der Waals surface area (Å²) < 4.78 is 5.52. The lowest BCUT2D eigenvalue weighted by molar-refractivity contribution is 0.100. The van der Waals surface area contributed by atoms with Gasteiger partial charge in [0.05, 0.1) is 6.61 Å². The average Bonchev–Trinajstić information content (AvgIpc) is 2.74. The molecule has 2 rings (SSSR count). The lowest BCUT2D eigenvalue weighted by atomic mass is 10.1. The van der Waals surface area contributed by atoms with Gasteiger partial charge in [0, 0.05) is 10.9 Å². The summed E-state index contributed by atoms with van der Waals surface area (Å²) in [6, 6.07) is 9.66. The molecule has 3 nitrogen and oxygen atoms in total. The first kappa shape index (κ1) is 11.7. The number of thiophene rings is 1. The predicted molar refractivity (Wildman–Crippen MR) is 69.4 cm³/mol. The van der Waals surface area contributed by atoms with Crippen LogP contribution in [-0.4, -0.2) is 12.5 Å². The van der Waals surface area contributed by atoms with Crippen LogP contribution in [0.2, 0.25) is 0 Å². The molecule has 0 atom stereocenters. The highest BCUT2D eigenvalue weighted by molar-refractivity contribution is 7.13. The van der Waals surface area contributed by atoms with Crippen LogP contribution in [0.1, 0.15) is 16.6 Å². The molecule has 17 heavy (non-hydrogen) atoms. The van der Waals surface area contributed by atoms with E-state index in [-0.39, 0.29) is 0 Å². The minimum Gasteiger partial charge on any atom is -0.492 e. The van der Waals surface area contributed by atoms with Gasteiger partial charge in [-0.15, -0.1) is 11.3 Å². The first-order valence-electron chi connectivity index (χ1n) is 5.33. The fourth-order valence-electron chi connectivity index (χ4n) is 1.66. The van der Waals surface area contributed by atoms with Crippen molar-refractivity contribution in [2.45, 2.75) is 6.92 Å². The molecule has 1 aromatic heterocycles. The molecule has 0 aliphatic rings. The van der Waals surface area contributed by atoms with E-state index in [1.54, 1.807) is 0 Å². The van der Waals surface area contributed by atoms with Gasteiger partial charge < -0.3 is 10.5 Å². The summed E-state index contributed by atoms with van der Waals surface area (Å²) in [5, 5.41) is 1.83. The van der Waals surface area contributed by atoms with Crippen molar-refractivity contribution in [2.75, 3.05) is 6.61 Å². The molecule has 1 amide bonds. The third-order valence-corrected chi connectivity index (χ3v) is 3.32. The number of rotatable bonds is 4. The normalized spacial score (nSPS) is 10.2. The topological polar surface area (TPSA) is 52.3 Å². The number of hydrogen-bond acceptors (Lipinski definition) is 3. The Labute approximate surface area is 104 Å². The number of carbonyl (C=O) groups excluding carboxylic acids is 1. The summed E-state index contributed by atoms with van der Waals surface area (Å²) >= 11 is 1.32. The summed E-state index contributed by atoms with van der Waals surface area (Å²) in [5.41, 5.74) is 7.12. The van der Waals surface area contributed by atoms with E-state index in [9.17, 15) is 4.79 Å². The van der Waals surface area contributed by atoms with Crippen molar-refractivity contribution >= 4 is 17.2 Å². The standard InChI is InChI=1S/C13H13NO2S/c1-2-16-10-8-17-12(13(14)15)11(10)9-6-4-3-5-7-9/h3-8H,2H2,1H3,(H2,14,15). The minimum atomic E-state index is -0.417. The Morgan fingerprint density at radius 1 is 1.35 bits per heavy atom. The van der Waals surface area contributed by atoms with Gasteiger partial charge in [-0.1, -0.05) is 30.3 Å². The Hall–Kier alpha value is -1.81. The highest BCUT2D eigenvalue weighted by Crippen LogP contribution is 2.38. The summed E-state index contributed by atoms with van der Waals surface area (Å²) in [6.07, 6.45) is 0. The van der Waals surface area contributed by atoms with E-state index in [1.165, 1.54) is 11.3 Å². The third-order valence-electron chi connectivity index (χ3n) is 2.34. The zero-order valence-corrected chi connectivity index (χ0v) is 10.3. The van der Waals surface area contributed by atoms with Crippen LogP contribution in [0.15, 0.2) is 35.7 Å². The molecule has 2 N–H and O–H groups in total. The number of nitrogens with two attached hydrogens (primary N) is 1. The van der Waals surface area contributed by atoms with Crippen LogP contribution in [0.4, 0.5) is 0 Å². The fourth-order valence-corrected chi connectivity index (χ4v) is 2.53. The maximum Gasteiger partial charge on any atom is 0.259 e. The van der Waals surface area contributed by atoms with E-state index in [2.05, 4.69) is 0 Å². The Kier molecular flexibility index (Phi) is 3.44. The van der Waals surface area contributed by atoms with Gasteiger partial charge in [0.2, 0.25) is 0 Å². The zero-order chi connectivity index (χ0) is 12.3. The van der Waals surface area contributed by atoms with Crippen LogP contribution in [0.3, 0.4) is 0 Å². The number of carbonyl (C=O) groups is 1. The molecule has 0 spiro atoms. The van der Waals surface area contributed by atoms with Crippen LogP contribution < -0.4 is 10.5 Å². The Bertz CT molecular complexity index is 519. The molecule has 0 saturated heterocycles. The van der Waals surface area contributed by atoms with Crippen molar-refractivity contribution in [3.8, 4) is 16.9 Å². The first-order valence-corrected chi connectivity index (χ1v) is 6.21. The van der Waals surface area contributed by atoms with E-state index in [0.717, 1.165) is 16.9 Å². The number of ether oxygens (including phenoxy) is 1. The van der Waals surface area contributed by atoms with Gasteiger partial charge in [-0.05, 0) is 12.5 Å². The lowest BCUT2D eigenvalue weighted by Crippen LogP contribution is -2.10. The maximum absolute atomic E-state index is 11.4. The molecule has 4 heteroatoms. The molecule has 1 aromatic carbocycles. The highest BCUT2D eigenvalue weighted by Gasteiger charge is 2.18. The predicted octanol–water partition coefficient (Wildman–Crippen LogP) is 2.91. The van der Waals surface area contributed by atoms with Gasteiger partial charge in [-0.25, -0.2) is 0 Å². The second-order valence-electron chi connectivity index (χ2n) is 3.47. The van der Waals surface area contributed by atoms with Crippen LogP contribution in [0.25, 0.3) is 11.1 Å². The molecule has 0 bridgehead atoms. The molecule has 2 aromatic rings. The number of amides is 1. The zero-order valence-electron chi connectivity index (χ0n) is 9.47. The maximum atomic E-state index is 11.4. The molecule has 0 radical (unpaired) electrons. The summed E-state index contributed by atoms with van der Waals surface area (Å²) in [4.78, 5) is 11.9. The van der Waals surface area contributed by atoms with Crippen molar-refractivity contribution in [1.29, 1.82) is 0 Å². The Balaban J connectivity index is 2.56. The van der Waals surface area contributed by atoms with Gasteiger partial charge in [0.25, 0.3) is 5.91 Å². The van der Waals surface area contributed by atoms with Crippen molar-refractivity contribution in [2.24, 2.45) is 5.73 Å². The van der Waals surface area contributed by atoms with Crippen molar-refractivity contribution in [3.63, 3.8) is 0 Å². The monoisotopic (exact) mass is 247 g/mol. The molecule has 0 fully saturated rings. The largest absolute Gasteiger partial charge is 0.492 e. The van der Waals surface area contributed by atoms with E-state index < -0.39 is 5.91 Å². The van der Waals surface area contributed by atoms with Gasteiger partial charge in [0.1, 0.15) is 10.6 Å². The third kappa shape index (κ3) is 2.31. The van der Waals surface area contributed by atoms with Gasteiger partial charge in [-0.2, -0.15) is 0 Å². The Morgan fingerprint density at radius 3 is 2.65 bits per heavy atom. The summed E-state index contributed by atoms with van der Waals surface area (Å²) in [5.74, 6) is 0.303. The molecular weight excluding hydrogens is 234 g/mol. The first-order chi connectivity index (χ1) is 8.24. The molecule has 1 heterocycles. The SMILES string of the molecule is CCOc1csc(C(N)=O)c1-c1ccccc1. The molecule has 0 aliphatic carbocycles. The second-order valence-corrected chi connectivity index (χ2v) is 4.35. The van der Waals surface area contributed by atoms with Crippen molar-refractivity contribution < 1.29 is 9.53 Å². The summed E-state index contributed by atoms with van der Waals surface area (Å²) in [6.45, 7) is 2.48. The minimum absolute atomic E-state index is 0.417. The lowest BCUT2D eigenvalue weighted by Gasteiger charge is -2.06.